The van der Waals surface area contributed by atoms with Crippen molar-refractivity contribution in [2.24, 2.45) is 0 Å². The lowest BCUT2D eigenvalue weighted by Gasteiger charge is -2.13. The Bertz CT molecular complexity index is 875. The van der Waals surface area contributed by atoms with Gasteiger partial charge in [0.25, 0.3) is 5.56 Å². The Morgan fingerprint density at radius 1 is 1.32 bits per heavy atom. The molecule has 22 heavy (non-hydrogen) atoms. The first-order valence-electron chi connectivity index (χ1n) is 6.32. The molecule has 2 aromatic rings. The lowest BCUT2D eigenvalue weighted by Crippen LogP contribution is -2.16. The first-order chi connectivity index (χ1) is 10.5. The molecule has 0 unspecified atom stereocenters. The zero-order chi connectivity index (χ0) is 16.3. The van der Waals surface area contributed by atoms with E-state index in [2.05, 4.69) is 4.98 Å². The summed E-state index contributed by atoms with van der Waals surface area (Å²) in [5.74, 6) is -0.528. The Balaban J connectivity index is 2.95. The summed E-state index contributed by atoms with van der Waals surface area (Å²) in [7, 11) is 0. The molecule has 0 aliphatic rings. The van der Waals surface area contributed by atoms with E-state index in [1.165, 1.54) is 12.1 Å². The highest BCUT2D eigenvalue weighted by Crippen LogP contribution is 2.35. The van der Waals surface area contributed by atoms with Crippen LogP contribution in [0.1, 0.15) is 18.1 Å². The predicted octanol–water partition coefficient (Wildman–Crippen LogP) is 1.91. The fraction of sp³-hybridized carbons (Fsp3) is 0.133. The first kappa shape index (κ1) is 15.1. The Labute approximate surface area is 125 Å². The van der Waals surface area contributed by atoms with E-state index < -0.39 is 11.4 Å². The predicted molar refractivity (Wildman–Crippen MR) is 77.5 cm³/mol. The molecule has 3 N–H and O–H groups in total. The third-order valence-corrected chi connectivity index (χ3v) is 2.98. The van der Waals surface area contributed by atoms with Crippen molar-refractivity contribution in [3.8, 4) is 29.0 Å². The van der Waals surface area contributed by atoms with Crippen molar-refractivity contribution in [3.63, 3.8) is 0 Å². The minimum atomic E-state index is -0.749. The number of anilines is 1. The fourth-order valence-electron chi connectivity index (χ4n) is 2.09. The zero-order valence-electron chi connectivity index (χ0n) is 11.6. The summed E-state index contributed by atoms with van der Waals surface area (Å²) in [6, 6.07) is 7.20. The molecule has 0 saturated carbocycles. The monoisotopic (exact) mass is 298 g/mol. The molecule has 0 spiro atoms. The largest absolute Gasteiger partial charge is 0.493 e. The van der Waals surface area contributed by atoms with Gasteiger partial charge in [0.1, 0.15) is 40.6 Å². The van der Waals surface area contributed by atoms with E-state index in [4.69, 9.17) is 10.5 Å². The first-order valence-corrected chi connectivity index (χ1v) is 6.32. The van der Waals surface area contributed by atoms with Crippen LogP contribution in [0.2, 0.25) is 0 Å². The van der Waals surface area contributed by atoms with Crippen LogP contribution in [0.25, 0.3) is 11.1 Å². The van der Waals surface area contributed by atoms with Crippen LogP contribution in [0.15, 0.2) is 23.0 Å². The molecule has 1 aromatic heterocycles. The van der Waals surface area contributed by atoms with Crippen molar-refractivity contribution < 1.29 is 9.13 Å². The summed E-state index contributed by atoms with van der Waals surface area (Å²) in [6.45, 7) is 2.02. The number of pyridine rings is 1. The van der Waals surface area contributed by atoms with Crippen molar-refractivity contribution in [1.29, 1.82) is 10.5 Å². The van der Waals surface area contributed by atoms with Gasteiger partial charge >= 0.3 is 0 Å². The van der Waals surface area contributed by atoms with Gasteiger partial charge in [0.15, 0.2) is 0 Å². The van der Waals surface area contributed by atoms with Crippen molar-refractivity contribution in [3.05, 3.63) is 45.5 Å². The van der Waals surface area contributed by atoms with E-state index >= 15 is 0 Å². The minimum Gasteiger partial charge on any atom is -0.493 e. The molecule has 1 heterocycles. The van der Waals surface area contributed by atoms with Crippen LogP contribution in [-0.2, 0) is 0 Å². The third kappa shape index (κ3) is 2.48. The van der Waals surface area contributed by atoms with Gasteiger partial charge < -0.3 is 15.5 Å². The Kier molecular flexibility index (Phi) is 4.10. The molecule has 1 aromatic carbocycles. The lowest BCUT2D eigenvalue weighted by atomic mass is 9.96. The van der Waals surface area contributed by atoms with Gasteiger partial charge in [-0.2, -0.15) is 10.5 Å². The van der Waals surface area contributed by atoms with Crippen LogP contribution in [-0.4, -0.2) is 11.6 Å². The molecule has 110 valence electrons. The summed E-state index contributed by atoms with van der Waals surface area (Å²) in [4.78, 5) is 14.1. The van der Waals surface area contributed by atoms with Gasteiger partial charge in [0.05, 0.1) is 6.61 Å². The minimum absolute atomic E-state index is 0.0331. The number of ether oxygens (including phenoxy) is 1. The zero-order valence-corrected chi connectivity index (χ0v) is 11.6. The second-order valence-electron chi connectivity index (χ2n) is 4.29. The molecule has 0 aliphatic carbocycles. The number of nitrogens with zero attached hydrogens (tertiary/aromatic N) is 2. The number of H-pyrrole nitrogens is 1. The van der Waals surface area contributed by atoms with E-state index in [9.17, 15) is 19.7 Å². The fourth-order valence-corrected chi connectivity index (χ4v) is 2.09. The van der Waals surface area contributed by atoms with Crippen LogP contribution in [0, 0.1) is 28.5 Å². The normalized spacial score (nSPS) is 9.82. The SMILES string of the molecule is CCOc1ccc(F)cc1-c1c(C#N)c(N)[nH]c(=O)c1C#N. The molecule has 0 saturated heterocycles. The third-order valence-electron chi connectivity index (χ3n) is 2.98. The Morgan fingerprint density at radius 3 is 2.59 bits per heavy atom. The summed E-state index contributed by atoms with van der Waals surface area (Å²) in [5.41, 5.74) is 4.55. The number of nitrogens with two attached hydrogens (primary N) is 1. The number of aromatic amines is 1. The van der Waals surface area contributed by atoms with Crippen molar-refractivity contribution in [2.45, 2.75) is 6.92 Å². The molecule has 0 amide bonds. The molecule has 2 rings (SSSR count). The van der Waals surface area contributed by atoms with E-state index in [1.807, 2.05) is 6.07 Å². The van der Waals surface area contributed by atoms with E-state index in [0.29, 0.717) is 6.61 Å². The Hall–Kier alpha value is -3.32. The molecule has 0 bridgehead atoms. The second-order valence-corrected chi connectivity index (χ2v) is 4.29. The molecule has 7 heteroatoms. The van der Waals surface area contributed by atoms with E-state index in [-0.39, 0.29) is 33.8 Å². The van der Waals surface area contributed by atoms with Gasteiger partial charge in [0.2, 0.25) is 0 Å². The maximum atomic E-state index is 13.6. The molecule has 0 fully saturated rings. The van der Waals surface area contributed by atoms with Gasteiger partial charge in [-0.3, -0.25) is 4.79 Å². The standard InChI is InChI=1S/C15H11FN4O2/c1-2-22-12-4-3-8(16)5-9(12)13-10(6-17)14(19)20-15(21)11(13)7-18/h3-5H,2H2,1H3,(H3,19,20,21). The quantitative estimate of drug-likeness (QED) is 0.897. The van der Waals surface area contributed by atoms with Crippen LogP contribution in [0.3, 0.4) is 0 Å². The number of aromatic nitrogens is 1. The van der Waals surface area contributed by atoms with Crippen molar-refractivity contribution >= 4 is 5.82 Å². The van der Waals surface area contributed by atoms with Gasteiger partial charge in [-0.1, -0.05) is 0 Å². The van der Waals surface area contributed by atoms with Crippen LogP contribution < -0.4 is 16.0 Å². The molecule has 0 atom stereocenters. The van der Waals surface area contributed by atoms with Crippen molar-refractivity contribution in [1.82, 2.24) is 4.98 Å². The maximum absolute atomic E-state index is 13.6. The van der Waals surface area contributed by atoms with E-state index in [0.717, 1.165) is 6.07 Å². The highest BCUT2D eigenvalue weighted by atomic mass is 19.1. The van der Waals surface area contributed by atoms with Gasteiger partial charge in [-0.15, -0.1) is 0 Å². The van der Waals surface area contributed by atoms with Gasteiger partial charge in [-0.25, -0.2) is 4.39 Å². The number of nitrogen functional groups attached to an aromatic ring is 1. The maximum Gasteiger partial charge on any atom is 0.268 e. The second kappa shape index (κ2) is 5.98. The number of rotatable bonds is 3. The van der Waals surface area contributed by atoms with E-state index in [1.54, 1.807) is 13.0 Å². The smallest absolute Gasteiger partial charge is 0.268 e. The lowest BCUT2D eigenvalue weighted by molar-refractivity contribution is 0.341. The van der Waals surface area contributed by atoms with Gasteiger partial charge in [0, 0.05) is 11.1 Å². The molecule has 0 radical (unpaired) electrons. The molecular weight excluding hydrogens is 287 g/mol. The number of hydrogen-bond acceptors (Lipinski definition) is 5. The van der Waals surface area contributed by atoms with Crippen LogP contribution in [0.5, 0.6) is 5.75 Å². The highest BCUT2D eigenvalue weighted by Gasteiger charge is 2.21. The van der Waals surface area contributed by atoms with Crippen LogP contribution >= 0.6 is 0 Å². The highest BCUT2D eigenvalue weighted by molar-refractivity contribution is 5.83. The van der Waals surface area contributed by atoms with Crippen LogP contribution in [0.4, 0.5) is 10.2 Å². The number of hydrogen-bond donors (Lipinski definition) is 2. The average Bonchev–Trinajstić information content (AvgIpc) is 2.48. The van der Waals surface area contributed by atoms with Gasteiger partial charge in [-0.05, 0) is 25.1 Å². The summed E-state index contributed by atoms with van der Waals surface area (Å²) >= 11 is 0. The Morgan fingerprint density at radius 2 is 2.00 bits per heavy atom. The molecule has 6 nitrogen and oxygen atoms in total. The average molecular weight is 298 g/mol. The molecule has 0 aliphatic heterocycles. The number of halogens is 1. The number of benzene rings is 1. The molecular formula is C15H11FN4O2. The summed E-state index contributed by atoms with van der Waals surface area (Å²) in [5, 5.41) is 18.5. The number of nitriles is 2. The topological polar surface area (TPSA) is 116 Å². The number of nitrogens with one attached hydrogen (secondary N) is 1. The summed E-state index contributed by atoms with van der Waals surface area (Å²) in [6.07, 6.45) is 0. The summed E-state index contributed by atoms with van der Waals surface area (Å²) < 4.78 is 19.0. The van der Waals surface area contributed by atoms with Crippen molar-refractivity contribution in [2.75, 3.05) is 12.3 Å².